The molecule has 2 heterocycles. The van der Waals surface area contributed by atoms with Gasteiger partial charge in [-0.3, -0.25) is 14.4 Å². The molecule has 1 amide bonds. The van der Waals surface area contributed by atoms with Gasteiger partial charge in [-0.2, -0.15) is 5.10 Å². The molecular weight excluding hydrogens is 344 g/mol. The van der Waals surface area contributed by atoms with E-state index in [-0.39, 0.29) is 11.8 Å². The molecule has 0 spiro atoms. The second-order valence-corrected chi connectivity index (χ2v) is 7.16. The zero-order chi connectivity index (χ0) is 18.7. The third-order valence-electron chi connectivity index (χ3n) is 4.06. The van der Waals surface area contributed by atoms with E-state index in [1.165, 1.54) is 11.3 Å². The van der Waals surface area contributed by atoms with Crippen molar-refractivity contribution in [2.24, 2.45) is 7.05 Å². The first-order valence-corrected chi connectivity index (χ1v) is 9.37. The number of benzene rings is 1. The summed E-state index contributed by atoms with van der Waals surface area (Å²) in [6.07, 6.45) is 1.71. The van der Waals surface area contributed by atoms with E-state index in [0.29, 0.717) is 17.4 Å². The predicted octanol–water partition coefficient (Wildman–Crippen LogP) is 4.50. The standard InChI is InChI=1S/C20H22N4OS/c1-5-11-24(19(25)18-12-16(14(2)3)22-23(18)4)20-21-17(13-26-20)15-9-7-6-8-10-15/h5-10,12-14H,1,11H2,2-4H3. The van der Waals surface area contributed by atoms with Crippen LogP contribution in [0.4, 0.5) is 5.13 Å². The quantitative estimate of drug-likeness (QED) is 0.604. The van der Waals surface area contributed by atoms with E-state index in [2.05, 4.69) is 30.5 Å². The summed E-state index contributed by atoms with van der Waals surface area (Å²) in [6.45, 7) is 8.30. The minimum atomic E-state index is -0.124. The van der Waals surface area contributed by atoms with Crippen molar-refractivity contribution >= 4 is 22.4 Å². The highest BCUT2D eigenvalue weighted by Gasteiger charge is 2.24. The van der Waals surface area contributed by atoms with Gasteiger partial charge in [0.05, 0.1) is 11.4 Å². The van der Waals surface area contributed by atoms with Gasteiger partial charge in [0.25, 0.3) is 5.91 Å². The van der Waals surface area contributed by atoms with E-state index in [1.54, 1.807) is 22.7 Å². The number of amides is 1. The van der Waals surface area contributed by atoms with Crippen molar-refractivity contribution in [3.05, 3.63) is 65.8 Å². The number of carbonyl (C=O) groups excluding carboxylic acids is 1. The van der Waals surface area contributed by atoms with Gasteiger partial charge in [-0.1, -0.05) is 50.3 Å². The van der Waals surface area contributed by atoms with E-state index in [0.717, 1.165) is 17.0 Å². The minimum Gasteiger partial charge on any atom is -0.279 e. The summed E-state index contributed by atoms with van der Waals surface area (Å²) in [5.41, 5.74) is 3.34. The van der Waals surface area contributed by atoms with Gasteiger partial charge >= 0.3 is 0 Å². The summed E-state index contributed by atoms with van der Waals surface area (Å²) in [4.78, 5) is 19.4. The monoisotopic (exact) mass is 366 g/mol. The predicted molar refractivity (Wildman–Crippen MR) is 107 cm³/mol. The molecule has 0 atom stereocenters. The molecule has 6 heteroatoms. The lowest BCUT2D eigenvalue weighted by Gasteiger charge is -2.17. The van der Waals surface area contributed by atoms with Gasteiger partial charge in [0.1, 0.15) is 5.69 Å². The Bertz CT molecular complexity index is 911. The third-order valence-corrected chi connectivity index (χ3v) is 4.92. The largest absolute Gasteiger partial charge is 0.279 e. The molecule has 5 nitrogen and oxygen atoms in total. The Hall–Kier alpha value is -2.73. The Labute approximate surface area is 157 Å². The van der Waals surface area contributed by atoms with E-state index in [4.69, 9.17) is 0 Å². The molecule has 0 radical (unpaired) electrons. The van der Waals surface area contributed by atoms with Crippen LogP contribution in [0.15, 0.2) is 54.4 Å². The van der Waals surface area contributed by atoms with Crippen LogP contribution in [0.2, 0.25) is 0 Å². The van der Waals surface area contributed by atoms with Crippen LogP contribution >= 0.6 is 11.3 Å². The summed E-state index contributed by atoms with van der Waals surface area (Å²) in [7, 11) is 1.79. The van der Waals surface area contributed by atoms with Crippen LogP contribution < -0.4 is 4.90 Å². The fourth-order valence-electron chi connectivity index (χ4n) is 2.62. The molecular formula is C20H22N4OS. The van der Waals surface area contributed by atoms with Gasteiger partial charge in [-0.05, 0) is 12.0 Å². The van der Waals surface area contributed by atoms with Crippen molar-refractivity contribution in [1.29, 1.82) is 0 Å². The molecule has 3 aromatic rings. The SMILES string of the molecule is C=CCN(C(=O)c1cc(C(C)C)nn1C)c1nc(-c2ccccc2)cs1. The van der Waals surface area contributed by atoms with Crippen molar-refractivity contribution in [1.82, 2.24) is 14.8 Å². The lowest BCUT2D eigenvalue weighted by Crippen LogP contribution is -2.32. The van der Waals surface area contributed by atoms with Gasteiger partial charge in [0.15, 0.2) is 5.13 Å². The lowest BCUT2D eigenvalue weighted by molar-refractivity contribution is 0.0980. The molecule has 0 unspecified atom stereocenters. The number of aromatic nitrogens is 3. The van der Waals surface area contributed by atoms with Crippen LogP contribution in [-0.2, 0) is 7.05 Å². The Morgan fingerprint density at radius 3 is 2.69 bits per heavy atom. The first-order valence-electron chi connectivity index (χ1n) is 8.49. The number of thiazole rings is 1. The summed E-state index contributed by atoms with van der Waals surface area (Å²) in [6, 6.07) is 11.8. The van der Waals surface area contributed by atoms with E-state index < -0.39 is 0 Å². The fraction of sp³-hybridized carbons (Fsp3) is 0.250. The zero-order valence-electron chi connectivity index (χ0n) is 15.2. The highest BCUT2D eigenvalue weighted by atomic mass is 32.1. The smallest absolute Gasteiger partial charge is 0.278 e. The van der Waals surface area contributed by atoms with Crippen LogP contribution in [0, 0.1) is 0 Å². The van der Waals surface area contributed by atoms with Crippen molar-refractivity contribution in [3.8, 4) is 11.3 Å². The Kier molecular flexibility index (Phi) is 5.32. The first-order chi connectivity index (χ1) is 12.5. The Balaban J connectivity index is 1.93. The van der Waals surface area contributed by atoms with Crippen LogP contribution in [0.25, 0.3) is 11.3 Å². The molecule has 0 aliphatic heterocycles. The average Bonchev–Trinajstić information content (AvgIpc) is 3.27. The molecule has 0 aliphatic rings. The molecule has 2 aromatic heterocycles. The summed E-state index contributed by atoms with van der Waals surface area (Å²) >= 11 is 1.45. The van der Waals surface area contributed by atoms with Gasteiger partial charge in [0.2, 0.25) is 0 Å². The highest BCUT2D eigenvalue weighted by Crippen LogP contribution is 2.28. The third kappa shape index (κ3) is 3.60. The average molecular weight is 366 g/mol. The molecule has 0 aliphatic carbocycles. The number of anilines is 1. The van der Waals surface area contributed by atoms with E-state index >= 15 is 0 Å². The van der Waals surface area contributed by atoms with Gasteiger partial charge in [-0.25, -0.2) is 4.98 Å². The maximum Gasteiger partial charge on any atom is 0.278 e. The second kappa shape index (κ2) is 7.66. The van der Waals surface area contributed by atoms with Crippen molar-refractivity contribution in [3.63, 3.8) is 0 Å². The van der Waals surface area contributed by atoms with E-state index in [1.807, 2.05) is 41.8 Å². The lowest BCUT2D eigenvalue weighted by atomic mass is 10.1. The van der Waals surface area contributed by atoms with Gasteiger partial charge in [-0.15, -0.1) is 17.9 Å². The Morgan fingerprint density at radius 2 is 2.08 bits per heavy atom. The molecule has 1 aromatic carbocycles. The van der Waals surface area contributed by atoms with Crippen LogP contribution in [0.5, 0.6) is 0 Å². The summed E-state index contributed by atoms with van der Waals surface area (Å²) < 4.78 is 1.64. The first kappa shape index (κ1) is 18.1. The second-order valence-electron chi connectivity index (χ2n) is 6.32. The molecule has 134 valence electrons. The number of hydrogen-bond donors (Lipinski definition) is 0. The van der Waals surface area contributed by atoms with Gasteiger partial charge < -0.3 is 0 Å². The molecule has 26 heavy (non-hydrogen) atoms. The maximum absolute atomic E-state index is 13.1. The van der Waals surface area contributed by atoms with Gasteiger partial charge in [0, 0.05) is 24.5 Å². The minimum absolute atomic E-state index is 0.124. The van der Waals surface area contributed by atoms with Crippen LogP contribution in [0.1, 0.15) is 35.9 Å². The Morgan fingerprint density at radius 1 is 1.35 bits per heavy atom. The molecule has 0 saturated carbocycles. The summed E-state index contributed by atoms with van der Waals surface area (Å²) in [5, 5.41) is 7.07. The normalized spacial score (nSPS) is 10.9. The number of aryl methyl sites for hydroxylation is 1. The highest BCUT2D eigenvalue weighted by molar-refractivity contribution is 7.14. The molecule has 3 rings (SSSR count). The molecule has 0 saturated heterocycles. The summed E-state index contributed by atoms with van der Waals surface area (Å²) in [5.74, 6) is 0.140. The van der Waals surface area contributed by atoms with Crippen LogP contribution in [-0.4, -0.2) is 27.2 Å². The fourth-order valence-corrected chi connectivity index (χ4v) is 3.46. The van der Waals surface area contributed by atoms with Crippen LogP contribution in [0.3, 0.4) is 0 Å². The maximum atomic E-state index is 13.1. The van der Waals surface area contributed by atoms with Crippen molar-refractivity contribution in [2.75, 3.05) is 11.4 Å². The number of nitrogens with zero attached hydrogens (tertiary/aromatic N) is 4. The molecule has 0 bridgehead atoms. The van der Waals surface area contributed by atoms with E-state index in [9.17, 15) is 4.79 Å². The molecule has 0 fully saturated rings. The number of carbonyl (C=O) groups is 1. The van der Waals surface area contributed by atoms with Crippen molar-refractivity contribution < 1.29 is 4.79 Å². The topological polar surface area (TPSA) is 51.0 Å². The number of hydrogen-bond acceptors (Lipinski definition) is 4. The number of rotatable bonds is 6. The van der Waals surface area contributed by atoms with Crippen molar-refractivity contribution in [2.45, 2.75) is 19.8 Å². The zero-order valence-corrected chi connectivity index (χ0v) is 16.0. The molecule has 0 N–H and O–H groups in total.